The van der Waals surface area contributed by atoms with Gasteiger partial charge in [0.25, 0.3) is 0 Å². The van der Waals surface area contributed by atoms with Gasteiger partial charge in [-0.2, -0.15) is 0 Å². The van der Waals surface area contributed by atoms with Crippen LogP contribution in [0.2, 0.25) is 0 Å². The average Bonchev–Trinajstić information content (AvgIpc) is 4.19. The first-order valence-electron chi connectivity index (χ1n) is 22.9. The molecule has 312 valence electrons. The van der Waals surface area contributed by atoms with E-state index in [-0.39, 0.29) is 0 Å². The normalized spacial score (nSPS) is 12.2. The fourth-order valence-electron chi connectivity index (χ4n) is 11.3. The number of rotatable bonds is 5. The summed E-state index contributed by atoms with van der Waals surface area (Å²) in [5, 5.41) is 7.28. The first kappa shape index (κ1) is 36.2. The summed E-state index contributed by atoms with van der Waals surface area (Å²) in [4.78, 5) is 5.64. The molecule has 6 heteroatoms. The van der Waals surface area contributed by atoms with Crippen LogP contribution in [0, 0.1) is 0 Å². The van der Waals surface area contributed by atoms with Crippen LogP contribution in [0.25, 0.3) is 127 Å². The van der Waals surface area contributed by atoms with Crippen molar-refractivity contribution >= 4 is 93.3 Å². The fourth-order valence-corrected chi connectivity index (χ4v) is 11.3. The highest BCUT2D eigenvalue weighted by atomic mass is 15.2. The Bertz CT molecular complexity index is 4460. The maximum Gasteiger partial charge on any atom is 0.220 e. The molecule has 0 aliphatic carbocycles. The molecule has 0 amide bonds. The smallest absolute Gasteiger partial charge is 0.220 e. The van der Waals surface area contributed by atoms with E-state index in [1.807, 2.05) is 0 Å². The van der Waals surface area contributed by atoms with E-state index in [1.54, 1.807) is 0 Å². The van der Waals surface area contributed by atoms with Crippen LogP contribution in [0.4, 0.5) is 0 Å². The second-order valence-corrected chi connectivity index (χ2v) is 17.5. The van der Waals surface area contributed by atoms with Gasteiger partial charge >= 0.3 is 0 Å². The Morgan fingerprint density at radius 3 is 1.33 bits per heavy atom. The number of hydrogen-bond donors (Lipinski definition) is 0. The summed E-state index contributed by atoms with van der Waals surface area (Å²) in [5.74, 6) is 0.878. The highest BCUT2D eigenvalue weighted by molar-refractivity contribution is 6.18. The summed E-state index contributed by atoms with van der Waals surface area (Å²) < 4.78 is 12.0. The largest absolute Gasteiger partial charge is 0.309 e. The van der Waals surface area contributed by atoms with Crippen molar-refractivity contribution in [1.29, 1.82) is 0 Å². The lowest BCUT2D eigenvalue weighted by Crippen LogP contribution is -2.01. The first-order chi connectivity index (χ1) is 33.3. The molecule has 0 saturated carbocycles. The molecule has 67 heavy (non-hydrogen) atoms. The highest BCUT2D eigenvalue weighted by Gasteiger charge is 2.24. The molecular weight excluding hydrogens is 817 g/mol. The number of fused-ring (bicyclic) bond motifs is 15. The Morgan fingerprint density at radius 1 is 0.269 bits per heavy atom. The summed E-state index contributed by atoms with van der Waals surface area (Å²) in [5.41, 5.74) is 18.0. The minimum atomic E-state index is 0.878. The van der Waals surface area contributed by atoms with Crippen molar-refractivity contribution in [2.24, 2.45) is 0 Å². The molecule has 0 unspecified atom stereocenters. The number of imidazole rings is 2. The molecule has 0 N–H and O–H groups in total. The van der Waals surface area contributed by atoms with Crippen LogP contribution in [-0.4, -0.2) is 27.7 Å². The molecule has 0 bridgehead atoms. The predicted octanol–water partition coefficient (Wildman–Crippen LogP) is 15.4. The van der Waals surface area contributed by atoms with E-state index in [4.69, 9.17) is 4.98 Å². The third-order valence-corrected chi connectivity index (χ3v) is 14.1. The molecule has 0 saturated heterocycles. The minimum absolute atomic E-state index is 0.878. The Hall–Kier alpha value is -9.13. The van der Waals surface area contributed by atoms with Crippen LogP contribution in [0.3, 0.4) is 0 Å². The molecule has 0 atom stereocenters. The lowest BCUT2D eigenvalue weighted by Gasteiger charge is -2.18. The number of hydrogen-bond acceptors (Lipinski definition) is 1. The molecule has 0 aliphatic heterocycles. The van der Waals surface area contributed by atoms with Crippen molar-refractivity contribution in [2.45, 2.75) is 0 Å². The maximum atomic E-state index is 5.64. The Labute approximate surface area is 383 Å². The summed E-state index contributed by atoms with van der Waals surface area (Å²) in [6.45, 7) is 0. The van der Waals surface area contributed by atoms with Crippen LogP contribution in [-0.2, 0) is 0 Å². The van der Waals surface area contributed by atoms with Gasteiger partial charge in [0.2, 0.25) is 5.78 Å². The second-order valence-electron chi connectivity index (χ2n) is 17.5. The number of aromatic nitrogens is 6. The third-order valence-electron chi connectivity index (χ3n) is 14.1. The monoisotopic (exact) mass is 854 g/mol. The van der Waals surface area contributed by atoms with Gasteiger partial charge in [-0.05, 0) is 91.0 Å². The molecule has 15 aromatic rings. The van der Waals surface area contributed by atoms with Crippen LogP contribution in [0.5, 0.6) is 0 Å². The molecule has 0 fully saturated rings. The van der Waals surface area contributed by atoms with Crippen molar-refractivity contribution in [3.8, 4) is 33.9 Å². The van der Waals surface area contributed by atoms with Crippen molar-refractivity contribution in [3.63, 3.8) is 0 Å². The lowest BCUT2D eigenvalue weighted by atomic mass is 10.0. The van der Waals surface area contributed by atoms with Gasteiger partial charge in [-0.1, -0.05) is 140 Å². The predicted molar refractivity (Wildman–Crippen MR) is 278 cm³/mol. The van der Waals surface area contributed by atoms with E-state index in [0.29, 0.717) is 0 Å². The van der Waals surface area contributed by atoms with Crippen LogP contribution in [0.15, 0.2) is 231 Å². The van der Waals surface area contributed by atoms with Crippen LogP contribution < -0.4 is 0 Å². The summed E-state index contributed by atoms with van der Waals surface area (Å²) >= 11 is 0. The van der Waals surface area contributed by atoms with Gasteiger partial charge in [0, 0.05) is 54.8 Å². The van der Waals surface area contributed by atoms with E-state index < -0.39 is 0 Å². The quantitative estimate of drug-likeness (QED) is 0.170. The molecule has 6 nitrogen and oxygen atoms in total. The van der Waals surface area contributed by atoms with Gasteiger partial charge in [0.05, 0.1) is 61.0 Å². The van der Waals surface area contributed by atoms with Crippen molar-refractivity contribution < 1.29 is 0 Å². The molecule has 0 spiro atoms. The van der Waals surface area contributed by atoms with E-state index in [1.165, 1.54) is 54.4 Å². The first-order valence-corrected chi connectivity index (χ1v) is 22.9. The van der Waals surface area contributed by atoms with E-state index in [9.17, 15) is 0 Å². The summed E-state index contributed by atoms with van der Waals surface area (Å²) in [6.07, 6.45) is 0. The molecule has 5 heterocycles. The number of para-hydroxylation sites is 9. The fraction of sp³-hybridized carbons (Fsp3) is 0. The Balaban J connectivity index is 0.968. The molecule has 5 aromatic heterocycles. The van der Waals surface area contributed by atoms with Gasteiger partial charge in [0.1, 0.15) is 5.52 Å². The highest BCUT2D eigenvalue weighted by Crippen LogP contribution is 2.43. The topological polar surface area (TPSA) is 37.0 Å². The Kier molecular flexibility index (Phi) is 7.40. The number of benzene rings is 10. The van der Waals surface area contributed by atoms with Gasteiger partial charge in [-0.3, -0.25) is 8.97 Å². The van der Waals surface area contributed by atoms with Gasteiger partial charge in [0.15, 0.2) is 0 Å². The van der Waals surface area contributed by atoms with Gasteiger partial charge in [-0.25, -0.2) is 4.98 Å². The van der Waals surface area contributed by atoms with E-state index in [2.05, 4.69) is 253 Å². The van der Waals surface area contributed by atoms with Crippen molar-refractivity contribution in [3.05, 3.63) is 231 Å². The number of nitrogens with zero attached hydrogens (tertiary/aromatic N) is 6. The van der Waals surface area contributed by atoms with Gasteiger partial charge < -0.3 is 13.7 Å². The average molecular weight is 855 g/mol. The molecule has 10 aromatic carbocycles. The zero-order chi connectivity index (χ0) is 43.7. The second kappa shape index (κ2) is 13.7. The zero-order valence-corrected chi connectivity index (χ0v) is 36.1. The molecule has 0 aliphatic rings. The SMILES string of the molecule is c1ccc(-n2c3ccccc3c3ccc4c(nc5n(-c6ccc7c(c6)c6ccccc6n7-c6ccccc6-c6ccccc6-n6c7ccccc7c7ccccc76)c6ccccc6n45)c32)cc1. The summed E-state index contributed by atoms with van der Waals surface area (Å²) in [7, 11) is 0. The zero-order valence-electron chi connectivity index (χ0n) is 36.1. The van der Waals surface area contributed by atoms with Crippen molar-refractivity contribution in [2.75, 3.05) is 0 Å². The molecule has 0 radical (unpaired) electrons. The van der Waals surface area contributed by atoms with E-state index >= 15 is 0 Å². The molecular formula is C61H38N6. The lowest BCUT2D eigenvalue weighted by molar-refractivity contribution is 1.11. The standard InChI is InChI=1S/C61H38N6/c1-2-18-39(19-3-1)63-49-26-10-8-24-45(49)47-35-37-58-59(60(47)63)62-61-64(56-32-16-17-33-57(56)67(58)61)40-34-36-55-48(38-40)46-25-9-15-31-54(46)66(55)53-30-14-7-23-44(53)43-22-6-13-29-52(43)65-50-27-11-4-20-41(50)42-21-5-12-28-51(42)65/h1-38H. The third kappa shape index (κ3) is 4.96. The van der Waals surface area contributed by atoms with Crippen LogP contribution in [0.1, 0.15) is 0 Å². The van der Waals surface area contributed by atoms with E-state index in [0.717, 1.165) is 72.7 Å². The van der Waals surface area contributed by atoms with Crippen LogP contribution >= 0.6 is 0 Å². The molecule has 15 rings (SSSR count). The maximum absolute atomic E-state index is 5.64. The van der Waals surface area contributed by atoms with Gasteiger partial charge in [-0.15, -0.1) is 0 Å². The van der Waals surface area contributed by atoms with Crippen molar-refractivity contribution in [1.82, 2.24) is 27.7 Å². The summed E-state index contributed by atoms with van der Waals surface area (Å²) in [6, 6.07) is 83.6. The Morgan fingerprint density at radius 2 is 0.716 bits per heavy atom. The minimum Gasteiger partial charge on any atom is -0.309 e.